The predicted octanol–water partition coefficient (Wildman–Crippen LogP) is 3.62. The number of nitrogens with zero attached hydrogens (tertiary/aromatic N) is 3. The number of aromatic nitrogens is 2. The second-order valence-electron chi connectivity index (χ2n) is 8.58. The van der Waals surface area contributed by atoms with E-state index in [1.165, 1.54) is 26.4 Å². The second-order valence-corrected chi connectivity index (χ2v) is 8.58. The van der Waals surface area contributed by atoms with Crippen LogP contribution >= 0.6 is 0 Å². The lowest BCUT2D eigenvalue weighted by molar-refractivity contribution is -0.00993. The molecule has 1 aliphatic carbocycles. The van der Waals surface area contributed by atoms with E-state index in [4.69, 9.17) is 13.9 Å². The minimum atomic E-state index is -1.04. The summed E-state index contributed by atoms with van der Waals surface area (Å²) < 4.78 is 29.7. The fraction of sp³-hybridized carbons (Fsp3) is 0.417. The molecule has 1 N–H and O–H groups in total. The van der Waals surface area contributed by atoms with Gasteiger partial charge in [-0.15, -0.1) is 0 Å². The normalized spacial score (nSPS) is 25.1. The van der Waals surface area contributed by atoms with Gasteiger partial charge in [0.2, 0.25) is 5.88 Å². The lowest BCUT2D eigenvalue weighted by Gasteiger charge is -2.31. The van der Waals surface area contributed by atoms with Crippen molar-refractivity contribution in [3.05, 3.63) is 59.7 Å². The zero-order chi connectivity index (χ0) is 22.3. The SMILES string of the molecule is COc1ncc([C@]2(O)CC[C@H]3CN(Cc4ccc(-c5ccc(F)cc5)o4)C[C@H]32)c(OC)n1. The van der Waals surface area contributed by atoms with E-state index in [9.17, 15) is 9.50 Å². The number of methoxy groups -OCH3 is 2. The molecule has 2 fully saturated rings. The summed E-state index contributed by atoms with van der Waals surface area (Å²) in [6.07, 6.45) is 3.20. The average Bonchev–Trinajstić information content (AvgIpc) is 3.51. The Hall–Kier alpha value is -2.97. The molecular formula is C24H26FN3O4. The van der Waals surface area contributed by atoms with Gasteiger partial charge in [0.15, 0.2) is 0 Å². The first kappa shape index (κ1) is 20.9. The fourth-order valence-corrected chi connectivity index (χ4v) is 5.20. The number of hydrogen-bond acceptors (Lipinski definition) is 7. The van der Waals surface area contributed by atoms with Crippen LogP contribution < -0.4 is 9.47 Å². The molecule has 1 aliphatic heterocycles. The lowest BCUT2D eigenvalue weighted by Crippen LogP contribution is -2.35. The molecular weight excluding hydrogens is 413 g/mol. The number of halogens is 1. The van der Waals surface area contributed by atoms with Gasteiger partial charge in [0.05, 0.1) is 26.3 Å². The maximum Gasteiger partial charge on any atom is 0.319 e. The van der Waals surface area contributed by atoms with Crippen LogP contribution in [0.15, 0.2) is 47.0 Å². The Morgan fingerprint density at radius 1 is 1.16 bits per heavy atom. The van der Waals surface area contributed by atoms with Gasteiger partial charge in [0.1, 0.15) is 22.9 Å². The molecule has 0 amide bonds. The highest BCUT2D eigenvalue weighted by Gasteiger charge is 2.54. The van der Waals surface area contributed by atoms with Crippen LogP contribution in [0.1, 0.15) is 24.2 Å². The molecule has 8 heteroatoms. The minimum Gasteiger partial charge on any atom is -0.481 e. The van der Waals surface area contributed by atoms with Crippen molar-refractivity contribution < 1.29 is 23.4 Å². The van der Waals surface area contributed by atoms with E-state index >= 15 is 0 Å². The van der Waals surface area contributed by atoms with Crippen molar-refractivity contribution in [3.8, 4) is 23.2 Å². The number of likely N-dealkylation sites (tertiary alicyclic amines) is 1. The first-order valence-corrected chi connectivity index (χ1v) is 10.7. The summed E-state index contributed by atoms with van der Waals surface area (Å²) in [6.45, 7) is 2.28. The van der Waals surface area contributed by atoms with Crippen molar-refractivity contribution in [1.82, 2.24) is 14.9 Å². The topological polar surface area (TPSA) is 80.9 Å². The monoisotopic (exact) mass is 439 g/mol. The third-order valence-electron chi connectivity index (χ3n) is 6.77. The first-order chi connectivity index (χ1) is 15.5. The standard InChI is InChI=1S/C24H26FN3O4/c1-30-22-19(11-26-23(27-22)31-2)24(29)10-9-16-12-28(14-20(16)24)13-18-7-8-21(32-18)15-3-5-17(25)6-4-15/h3-8,11,16,20,29H,9-10,12-14H2,1-2H3/t16-,20+,24+/m0/s1. The molecule has 0 spiro atoms. The number of hydrogen-bond donors (Lipinski definition) is 1. The third-order valence-corrected chi connectivity index (χ3v) is 6.77. The van der Waals surface area contributed by atoms with E-state index in [-0.39, 0.29) is 17.7 Å². The Morgan fingerprint density at radius 2 is 1.97 bits per heavy atom. The molecule has 0 bridgehead atoms. The van der Waals surface area contributed by atoms with Crippen LogP contribution in [0.3, 0.4) is 0 Å². The van der Waals surface area contributed by atoms with Gasteiger partial charge in [-0.1, -0.05) is 0 Å². The van der Waals surface area contributed by atoms with Crippen molar-refractivity contribution in [3.63, 3.8) is 0 Å². The highest BCUT2D eigenvalue weighted by molar-refractivity contribution is 5.57. The average molecular weight is 439 g/mol. The Morgan fingerprint density at radius 3 is 2.72 bits per heavy atom. The molecule has 7 nitrogen and oxygen atoms in total. The molecule has 0 radical (unpaired) electrons. The number of ether oxygens (including phenoxy) is 2. The molecule has 168 valence electrons. The predicted molar refractivity (Wildman–Crippen MR) is 115 cm³/mol. The number of furan rings is 1. The fourth-order valence-electron chi connectivity index (χ4n) is 5.20. The number of rotatable bonds is 6. The summed E-state index contributed by atoms with van der Waals surface area (Å²) in [5.74, 6) is 2.08. The molecule has 3 heterocycles. The Kier molecular flexibility index (Phi) is 5.35. The van der Waals surface area contributed by atoms with E-state index < -0.39 is 5.60 Å². The van der Waals surface area contributed by atoms with Crippen molar-refractivity contribution in [2.45, 2.75) is 25.0 Å². The minimum absolute atomic E-state index is 0.0555. The molecule has 1 saturated carbocycles. The highest BCUT2D eigenvalue weighted by Crippen LogP contribution is 2.52. The summed E-state index contributed by atoms with van der Waals surface area (Å²) >= 11 is 0. The Labute approximate surface area is 185 Å². The van der Waals surface area contributed by atoms with Gasteiger partial charge in [0.25, 0.3) is 0 Å². The first-order valence-electron chi connectivity index (χ1n) is 10.7. The van der Waals surface area contributed by atoms with Crippen LogP contribution in [0, 0.1) is 17.7 Å². The molecule has 2 aromatic heterocycles. The van der Waals surface area contributed by atoms with Crippen LogP contribution in [0.2, 0.25) is 0 Å². The van der Waals surface area contributed by atoms with Crippen LogP contribution in [0.4, 0.5) is 4.39 Å². The summed E-state index contributed by atoms with van der Waals surface area (Å²) in [5, 5.41) is 11.7. The summed E-state index contributed by atoms with van der Waals surface area (Å²) in [4.78, 5) is 10.8. The second kappa shape index (κ2) is 8.18. The molecule has 0 unspecified atom stereocenters. The van der Waals surface area contributed by atoms with Gasteiger partial charge in [-0.3, -0.25) is 4.90 Å². The van der Waals surface area contributed by atoms with E-state index in [0.29, 0.717) is 30.3 Å². The van der Waals surface area contributed by atoms with E-state index in [2.05, 4.69) is 14.9 Å². The molecule has 3 atom stereocenters. The number of fused-ring (bicyclic) bond motifs is 1. The Bertz CT molecular complexity index is 1100. The van der Waals surface area contributed by atoms with E-state index in [1.54, 1.807) is 18.3 Å². The maximum absolute atomic E-state index is 13.2. The number of benzene rings is 1. The smallest absolute Gasteiger partial charge is 0.319 e. The van der Waals surface area contributed by atoms with Gasteiger partial charge < -0.3 is 19.0 Å². The van der Waals surface area contributed by atoms with Crippen LogP contribution in [-0.2, 0) is 12.1 Å². The molecule has 2 aliphatic rings. The van der Waals surface area contributed by atoms with Gasteiger partial charge in [-0.05, 0) is 55.2 Å². The van der Waals surface area contributed by atoms with Gasteiger partial charge in [0, 0.05) is 30.8 Å². The van der Waals surface area contributed by atoms with Crippen molar-refractivity contribution in [2.75, 3.05) is 27.3 Å². The van der Waals surface area contributed by atoms with Gasteiger partial charge in [-0.25, -0.2) is 9.37 Å². The van der Waals surface area contributed by atoms with Gasteiger partial charge in [-0.2, -0.15) is 4.98 Å². The van der Waals surface area contributed by atoms with Crippen LogP contribution in [0.25, 0.3) is 11.3 Å². The van der Waals surface area contributed by atoms with E-state index in [0.717, 1.165) is 36.6 Å². The maximum atomic E-state index is 13.2. The molecule has 1 saturated heterocycles. The number of aliphatic hydroxyl groups is 1. The van der Waals surface area contributed by atoms with Crippen LogP contribution in [-0.4, -0.2) is 47.3 Å². The van der Waals surface area contributed by atoms with Crippen molar-refractivity contribution in [2.24, 2.45) is 11.8 Å². The molecule has 3 aromatic rings. The third kappa shape index (κ3) is 3.63. The molecule has 1 aromatic carbocycles. The quantitative estimate of drug-likeness (QED) is 0.628. The summed E-state index contributed by atoms with van der Waals surface area (Å²) in [5.41, 5.74) is 0.420. The van der Waals surface area contributed by atoms with Gasteiger partial charge >= 0.3 is 6.01 Å². The highest BCUT2D eigenvalue weighted by atomic mass is 19.1. The zero-order valence-corrected chi connectivity index (χ0v) is 18.1. The van der Waals surface area contributed by atoms with E-state index in [1.807, 2.05) is 12.1 Å². The lowest BCUT2D eigenvalue weighted by atomic mass is 9.83. The summed E-state index contributed by atoms with van der Waals surface area (Å²) in [7, 11) is 3.04. The molecule has 5 rings (SSSR count). The van der Waals surface area contributed by atoms with Crippen molar-refractivity contribution in [1.29, 1.82) is 0 Å². The van der Waals surface area contributed by atoms with Crippen molar-refractivity contribution >= 4 is 0 Å². The zero-order valence-electron chi connectivity index (χ0n) is 18.1. The summed E-state index contributed by atoms with van der Waals surface area (Å²) in [6, 6.07) is 10.4. The molecule has 32 heavy (non-hydrogen) atoms. The van der Waals surface area contributed by atoms with Crippen LogP contribution in [0.5, 0.6) is 11.9 Å². The largest absolute Gasteiger partial charge is 0.481 e. The Balaban J connectivity index is 1.32.